The number of methoxy groups -OCH3 is 1. The van der Waals surface area contributed by atoms with Gasteiger partial charge in [0.1, 0.15) is 5.75 Å². The summed E-state index contributed by atoms with van der Waals surface area (Å²) >= 11 is 6.22. The van der Waals surface area contributed by atoms with Crippen LogP contribution in [0.2, 0.25) is 5.02 Å². The Kier molecular flexibility index (Phi) is 6.73. The summed E-state index contributed by atoms with van der Waals surface area (Å²) in [5.74, 6) is 0.323. The lowest BCUT2D eigenvalue weighted by Gasteiger charge is -2.32. The van der Waals surface area contributed by atoms with Crippen molar-refractivity contribution in [2.45, 2.75) is 59.7 Å². The summed E-state index contributed by atoms with van der Waals surface area (Å²) in [6.07, 6.45) is -0.801. The Balaban J connectivity index is 0.00000139. The van der Waals surface area contributed by atoms with Gasteiger partial charge in [-0.25, -0.2) is 4.79 Å². The zero-order valence-electron chi connectivity index (χ0n) is 15.7. The molecule has 0 spiro atoms. The molecule has 1 heterocycles. The van der Waals surface area contributed by atoms with Crippen LogP contribution >= 0.6 is 11.6 Å². The maximum absolute atomic E-state index is 11.3. The second-order valence-electron chi connectivity index (χ2n) is 6.27. The topological polar surface area (TPSA) is 54.0 Å². The average Bonchev–Trinajstić information content (AvgIpc) is 2.74. The standard InChI is InChI=1S/C15H20BClO5.C2H6/c1-9-11(17)7-10(8-12(9)20-13(18)19-6)16-21-14(2,3)15(4,5)22-16;1-2/h7-8H,1-6H3;1-2H3. The third-order valence-corrected chi connectivity index (χ3v) is 4.60. The lowest BCUT2D eigenvalue weighted by Crippen LogP contribution is -2.41. The summed E-state index contributed by atoms with van der Waals surface area (Å²) in [4.78, 5) is 11.3. The van der Waals surface area contributed by atoms with E-state index in [4.69, 9.17) is 25.6 Å². The molecule has 1 aliphatic heterocycles. The van der Waals surface area contributed by atoms with Crippen molar-refractivity contribution < 1.29 is 23.6 Å². The molecule has 1 aliphatic rings. The number of halogens is 1. The molecule has 1 saturated heterocycles. The molecule has 1 aromatic carbocycles. The van der Waals surface area contributed by atoms with Gasteiger partial charge in [-0.15, -0.1) is 0 Å². The molecule has 0 unspecified atom stereocenters. The van der Waals surface area contributed by atoms with Crippen molar-refractivity contribution in [1.82, 2.24) is 0 Å². The summed E-state index contributed by atoms with van der Waals surface area (Å²) in [5.41, 5.74) is 0.414. The summed E-state index contributed by atoms with van der Waals surface area (Å²) in [5, 5.41) is 0.464. The van der Waals surface area contributed by atoms with E-state index in [2.05, 4.69) is 4.74 Å². The van der Waals surface area contributed by atoms with Gasteiger partial charge in [0.2, 0.25) is 0 Å². The van der Waals surface area contributed by atoms with Crippen molar-refractivity contribution in [2.75, 3.05) is 7.11 Å². The van der Waals surface area contributed by atoms with Crippen LogP contribution in [0.15, 0.2) is 12.1 Å². The monoisotopic (exact) mass is 356 g/mol. The summed E-state index contributed by atoms with van der Waals surface area (Å²) in [7, 11) is 0.667. The van der Waals surface area contributed by atoms with Crippen LogP contribution in [0.25, 0.3) is 0 Å². The first kappa shape index (κ1) is 20.8. The first-order valence-electron chi connectivity index (χ1n) is 7.99. The van der Waals surface area contributed by atoms with Gasteiger partial charge >= 0.3 is 13.3 Å². The van der Waals surface area contributed by atoms with E-state index >= 15 is 0 Å². The number of carbonyl (C=O) groups excluding carboxylic acids is 1. The van der Waals surface area contributed by atoms with E-state index < -0.39 is 24.5 Å². The third kappa shape index (κ3) is 4.24. The van der Waals surface area contributed by atoms with Gasteiger partial charge in [-0.1, -0.05) is 25.4 Å². The highest BCUT2D eigenvalue weighted by atomic mass is 35.5. The van der Waals surface area contributed by atoms with Crippen LogP contribution in [0.5, 0.6) is 5.75 Å². The lowest BCUT2D eigenvalue weighted by molar-refractivity contribution is 0.00578. The molecule has 7 heteroatoms. The van der Waals surface area contributed by atoms with Crippen molar-refractivity contribution >= 4 is 30.3 Å². The van der Waals surface area contributed by atoms with Gasteiger partial charge < -0.3 is 18.8 Å². The Morgan fingerprint density at radius 2 is 1.62 bits per heavy atom. The number of ether oxygens (including phenoxy) is 2. The lowest BCUT2D eigenvalue weighted by atomic mass is 9.78. The number of rotatable bonds is 2. The molecule has 1 aromatic rings. The molecule has 0 N–H and O–H groups in total. The number of carbonyl (C=O) groups is 1. The SMILES string of the molecule is CC.COC(=O)Oc1cc(B2OC(C)(C)C(C)(C)O2)cc(Cl)c1C. The minimum Gasteiger partial charge on any atom is -0.437 e. The molecule has 0 aromatic heterocycles. The smallest absolute Gasteiger partial charge is 0.437 e. The molecular formula is C17H26BClO5. The van der Waals surface area contributed by atoms with E-state index in [0.29, 0.717) is 21.8 Å². The Bertz CT molecular complexity index is 585. The molecule has 0 amide bonds. The van der Waals surface area contributed by atoms with Crippen molar-refractivity contribution in [1.29, 1.82) is 0 Å². The molecule has 0 saturated carbocycles. The number of hydrogen-bond donors (Lipinski definition) is 0. The van der Waals surface area contributed by atoms with Gasteiger partial charge in [-0.3, -0.25) is 0 Å². The summed E-state index contributed by atoms with van der Waals surface area (Å²) in [6, 6.07) is 3.43. The molecule has 5 nitrogen and oxygen atoms in total. The van der Waals surface area contributed by atoms with E-state index in [0.717, 1.165) is 0 Å². The first-order valence-corrected chi connectivity index (χ1v) is 8.36. The van der Waals surface area contributed by atoms with Crippen LogP contribution in [-0.2, 0) is 14.0 Å². The van der Waals surface area contributed by atoms with Gasteiger partial charge in [0.25, 0.3) is 0 Å². The first-order chi connectivity index (χ1) is 11.1. The predicted octanol–water partition coefficient (Wildman–Crippen LogP) is 4.12. The van der Waals surface area contributed by atoms with E-state index in [1.807, 2.05) is 41.5 Å². The molecule has 1 fully saturated rings. The van der Waals surface area contributed by atoms with Gasteiger partial charge in [-0.2, -0.15) is 0 Å². The van der Waals surface area contributed by atoms with Crippen molar-refractivity contribution in [3.63, 3.8) is 0 Å². The van der Waals surface area contributed by atoms with E-state index in [-0.39, 0.29) is 0 Å². The fourth-order valence-corrected chi connectivity index (χ4v) is 2.25. The van der Waals surface area contributed by atoms with Gasteiger partial charge in [0.05, 0.1) is 18.3 Å². The summed E-state index contributed by atoms with van der Waals surface area (Å²) < 4.78 is 21.6. The molecule has 0 atom stereocenters. The zero-order valence-corrected chi connectivity index (χ0v) is 16.4. The Morgan fingerprint density at radius 3 is 2.08 bits per heavy atom. The van der Waals surface area contributed by atoms with Crippen LogP contribution in [0.3, 0.4) is 0 Å². The fraction of sp³-hybridized carbons (Fsp3) is 0.588. The van der Waals surface area contributed by atoms with Crippen molar-refractivity contribution in [2.24, 2.45) is 0 Å². The average molecular weight is 357 g/mol. The highest BCUT2D eigenvalue weighted by molar-refractivity contribution is 6.62. The molecule has 24 heavy (non-hydrogen) atoms. The van der Waals surface area contributed by atoms with E-state index in [1.165, 1.54) is 7.11 Å². The highest BCUT2D eigenvalue weighted by Crippen LogP contribution is 2.37. The summed E-state index contributed by atoms with van der Waals surface area (Å²) in [6.45, 7) is 13.6. The maximum Gasteiger partial charge on any atom is 0.513 e. The van der Waals surface area contributed by atoms with Crippen LogP contribution in [0.1, 0.15) is 47.1 Å². The molecule has 0 aliphatic carbocycles. The second kappa shape index (κ2) is 7.76. The molecule has 134 valence electrons. The molecular weight excluding hydrogens is 330 g/mol. The maximum atomic E-state index is 11.3. The Labute approximate surface area is 149 Å². The van der Waals surface area contributed by atoms with Crippen molar-refractivity contribution in [3.8, 4) is 5.75 Å². The predicted molar refractivity (Wildman–Crippen MR) is 96.3 cm³/mol. The number of hydrogen-bond acceptors (Lipinski definition) is 5. The Morgan fingerprint density at radius 1 is 1.12 bits per heavy atom. The second-order valence-corrected chi connectivity index (χ2v) is 6.68. The molecule has 0 bridgehead atoms. The van der Waals surface area contributed by atoms with E-state index in [9.17, 15) is 4.79 Å². The van der Waals surface area contributed by atoms with Crippen LogP contribution in [-0.4, -0.2) is 31.6 Å². The normalized spacial score (nSPS) is 17.8. The zero-order chi connectivity index (χ0) is 18.7. The molecule has 2 rings (SSSR count). The van der Waals surface area contributed by atoms with Crippen LogP contribution in [0.4, 0.5) is 4.79 Å². The van der Waals surface area contributed by atoms with E-state index in [1.54, 1.807) is 19.1 Å². The minimum atomic E-state index is -0.801. The minimum absolute atomic E-state index is 0.323. The largest absolute Gasteiger partial charge is 0.513 e. The number of benzene rings is 1. The fourth-order valence-electron chi connectivity index (χ4n) is 2.03. The molecule has 0 radical (unpaired) electrons. The van der Waals surface area contributed by atoms with Gasteiger partial charge in [0.15, 0.2) is 0 Å². The van der Waals surface area contributed by atoms with Gasteiger partial charge in [0, 0.05) is 10.6 Å². The van der Waals surface area contributed by atoms with Crippen LogP contribution in [0, 0.1) is 6.92 Å². The highest BCUT2D eigenvalue weighted by Gasteiger charge is 2.51. The third-order valence-electron chi connectivity index (χ3n) is 4.20. The van der Waals surface area contributed by atoms with Crippen molar-refractivity contribution in [3.05, 3.63) is 22.7 Å². The van der Waals surface area contributed by atoms with Gasteiger partial charge in [-0.05, 0) is 52.2 Å². The Hall–Kier alpha value is -1.24. The quantitative estimate of drug-likeness (QED) is 0.453. The van der Waals surface area contributed by atoms with Crippen LogP contribution < -0.4 is 10.2 Å².